The van der Waals surface area contributed by atoms with Crippen LogP contribution in [-0.4, -0.2) is 32.1 Å². The third-order valence-electron chi connectivity index (χ3n) is 3.01. The van der Waals surface area contributed by atoms with E-state index < -0.39 is 0 Å². The molecule has 0 saturated carbocycles. The van der Waals surface area contributed by atoms with Crippen LogP contribution in [0.5, 0.6) is 0 Å². The summed E-state index contributed by atoms with van der Waals surface area (Å²) in [5.41, 5.74) is 2.09. The number of carbonyl (C=O) groups is 1. The van der Waals surface area contributed by atoms with Gasteiger partial charge in [-0.2, -0.15) is 5.26 Å². The Kier molecular flexibility index (Phi) is 6.97. The summed E-state index contributed by atoms with van der Waals surface area (Å²) < 4.78 is 0. The van der Waals surface area contributed by atoms with Gasteiger partial charge in [-0.05, 0) is 38.1 Å². The molecular weight excluding hydrogens is 252 g/mol. The number of anilines is 2. The van der Waals surface area contributed by atoms with Gasteiger partial charge in [-0.1, -0.05) is 0 Å². The zero-order valence-corrected chi connectivity index (χ0v) is 12.1. The Labute approximate surface area is 120 Å². The largest absolute Gasteiger partial charge is 0.376 e. The van der Waals surface area contributed by atoms with Gasteiger partial charge in [0.1, 0.15) is 0 Å². The molecule has 108 valence electrons. The number of nitriles is 1. The van der Waals surface area contributed by atoms with Crippen LogP contribution in [0.2, 0.25) is 0 Å². The number of carbonyl (C=O) groups excluding carboxylic acids is 1. The van der Waals surface area contributed by atoms with E-state index >= 15 is 0 Å². The molecule has 20 heavy (non-hydrogen) atoms. The molecule has 1 rings (SSSR count). The van der Waals surface area contributed by atoms with Crippen LogP contribution < -0.4 is 15.5 Å². The monoisotopic (exact) mass is 274 g/mol. The fraction of sp³-hybridized carbons (Fsp3) is 0.467. The number of amides is 1. The van der Waals surface area contributed by atoms with Crippen LogP contribution in [-0.2, 0) is 4.79 Å². The molecule has 0 fully saturated rings. The van der Waals surface area contributed by atoms with E-state index in [1.807, 2.05) is 30.3 Å². The van der Waals surface area contributed by atoms with Gasteiger partial charge >= 0.3 is 0 Å². The van der Waals surface area contributed by atoms with E-state index in [1.165, 1.54) is 5.69 Å². The van der Waals surface area contributed by atoms with Crippen LogP contribution >= 0.6 is 0 Å². The van der Waals surface area contributed by atoms with Gasteiger partial charge in [0, 0.05) is 31.0 Å². The maximum absolute atomic E-state index is 11.5. The van der Waals surface area contributed by atoms with Gasteiger partial charge in [-0.25, -0.2) is 0 Å². The van der Waals surface area contributed by atoms with Crippen molar-refractivity contribution in [3.8, 4) is 6.07 Å². The maximum atomic E-state index is 11.5. The van der Waals surface area contributed by atoms with Crippen molar-refractivity contribution in [3.05, 3.63) is 24.3 Å². The molecule has 5 heteroatoms. The number of benzene rings is 1. The lowest BCUT2D eigenvalue weighted by Crippen LogP contribution is -2.30. The first-order valence-corrected chi connectivity index (χ1v) is 6.93. The topological polar surface area (TPSA) is 68.2 Å². The third-order valence-corrected chi connectivity index (χ3v) is 3.01. The third kappa shape index (κ3) is 5.19. The summed E-state index contributed by atoms with van der Waals surface area (Å²) in [6.45, 7) is 6.82. The lowest BCUT2D eigenvalue weighted by Gasteiger charge is -2.21. The van der Waals surface area contributed by atoms with Crippen LogP contribution in [0.3, 0.4) is 0 Å². The zero-order valence-electron chi connectivity index (χ0n) is 12.1. The summed E-state index contributed by atoms with van der Waals surface area (Å²) in [5.74, 6) is -0.104. The first-order valence-electron chi connectivity index (χ1n) is 6.93. The molecule has 0 heterocycles. The average Bonchev–Trinajstić information content (AvgIpc) is 2.48. The summed E-state index contributed by atoms with van der Waals surface area (Å²) in [5, 5.41) is 14.1. The van der Waals surface area contributed by atoms with E-state index in [-0.39, 0.29) is 12.5 Å². The SMILES string of the molecule is CCN(CC)c1ccc(NCC(=O)NCCC#N)cc1. The summed E-state index contributed by atoms with van der Waals surface area (Å²) in [6, 6.07) is 10.0. The Morgan fingerprint density at radius 1 is 1.25 bits per heavy atom. The Bertz CT molecular complexity index is 446. The van der Waals surface area contributed by atoms with Crippen molar-refractivity contribution in [1.82, 2.24) is 5.32 Å². The standard InChI is InChI=1S/C15H22N4O/c1-3-19(4-2)14-8-6-13(7-9-14)18-12-15(20)17-11-5-10-16/h6-9,18H,3-5,11-12H2,1-2H3,(H,17,20). The predicted molar refractivity (Wildman–Crippen MR) is 81.7 cm³/mol. The average molecular weight is 274 g/mol. The Balaban J connectivity index is 2.42. The number of hydrogen-bond donors (Lipinski definition) is 2. The van der Waals surface area contributed by atoms with Crippen LogP contribution in [0.25, 0.3) is 0 Å². The number of nitrogens with zero attached hydrogens (tertiary/aromatic N) is 2. The van der Waals surface area contributed by atoms with Crippen molar-refractivity contribution >= 4 is 17.3 Å². The fourth-order valence-electron chi connectivity index (χ4n) is 1.88. The Hall–Kier alpha value is -2.22. The Morgan fingerprint density at radius 2 is 1.90 bits per heavy atom. The smallest absolute Gasteiger partial charge is 0.239 e. The molecule has 1 aromatic carbocycles. The molecule has 0 radical (unpaired) electrons. The summed E-state index contributed by atoms with van der Waals surface area (Å²) in [6.07, 6.45) is 0.338. The molecule has 0 aliphatic rings. The minimum Gasteiger partial charge on any atom is -0.376 e. The number of nitrogens with one attached hydrogen (secondary N) is 2. The lowest BCUT2D eigenvalue weighted by molar-refractivity contribution is -0.119. The second-order valence-electron chi connectivity index (χ2n) is 4.33. The molecule has 5 nitrogen and oxygen atoms in total. The van der Waals surface area contributed by atoms with Gasteiger partial charge in [-0.3, -0.25) is 4.79 Å². The van der Waals surface area contributed by atoms with Crippen LogP contribution in [0.15, 0.2) is 24.3 Å². The van der Waals surface area contributed by atoms with E-state index in [9.17, 15) is 4.79 Å². The minimum absolute atomic E-state index is 0.104. The van der Waals surface area contributed by atoms with E-state index in [0.717, 1.165) is 18.8 Å². The van der Waals surface area contributed by atoms with Gasteiger partial charge in [0.2, 0.25) is 5.91 Å². The highest BCUT2D eigenvalue weighted by Crippen LogP contribution is 2.17. The van der Waals surface area contributed by atoms with Crippen LogP contribution in [0.4, 0.5) is 11.4 Å². The highest BCUT2D eigenvalue weighted by atomic mass is 16.1. The summed E-state index contributed by atoms with van der Waals surface area (Å²) >= 11 is 0. The fourth-order valence-corrected chi connectivity index (χ4v) is 1.88. The quantitative estimate of drug-likeness (QED) is 0.711. The zero-order chi connectivity index (χ0) is 14.8. The van der Waals surface area contributed by atoms with Gasteiger partial charge in [-0.15, -0.1) is 0 Å². The molecule has 0 aliphatic heterocycles. The van der Waals surface area contributed by atoms with E-state index in [0.29, 0.717) is 13.0 Å². The van der Waals surface area contributed by atoms with Gasteiger partial charge in [0.05, 0.1) is 19.0 Å². The molecule has 0 spiro atoms. The number of rotatable bonds is 8. The lowest BCUT2D eigenvalue weighted by atomic mass is 10.2. The molecule has 2 N–H and O–H groups in total. The van der Waals surface area contributed by atoms with Crippen molar-refractivity contribution in [2.24, 2.45) is 0 Å². The number of hydrogen-bond acceptors (Lipinski definition) is 4. The highest BCUT2D eigenvalue weighted by molar-refractivity contribution is 5.80. The van der Waals surface area contributed by atoms with Gasteiger partial charge < -0.3 is 15.5 Å². The molecule has 0 atom stereocenters. The maximum Gasteiger partial charge on any atom is 0.239 e. The van der Waals surface area contributed by atoms with Crippen molar-refractivity contribution in [2.75, 3.05) is 36.4 Å². The Morgan fingerprint density at radius 3 is 2.45 bits per heavy atom. The van der Waals surface area contributed by atoms with Crippen molar-refractivity contribution in [1.29, 1.82) is 5.26 Å². The molecule has 1 aromatic rings. The van der Waals surface area contributed by atoms with Gasteiger partial charge in [0.15, 0.2) is 0 Å². The van der Waals surface area contributed by atoms with Crippen molar-refractivity contribution < 1.29 is 4.79 Å². The molecule has 0 unspecified atom stereocenters. The molecule has 0 saturated heterocycles. The van der Waals surface area contributed by atoms with Gasteiger partial charge in [0.25, 0.3) is 0 Å². The molecule has 0 bridgehead atoms. The first kappa shape index (κ1) is 15.8. The van der Waals surface area contributed by atoms with E-state index in [4.69, 9.17) is 5.26 Å². The molecular formula is C15H22N4O. The normalized spacial score (nSPS) is 9.65. The second-order valence-corrected chi connectivity index (χ2v) is 4.33. The van der Waals surface area contributed by atoms with Crippen molar-refractivity contribution in [3.63, 3.8) is 0 Å². The second kappa shape index (κ2) is 8.81. The summed E-state index contributed by atoms with van der Waals surface area (Å²) in [7, 11) is 0. The minimum atomic E-state index is -0.104. The van der Waals surface area contributed by atoms with Crippen LogP contribution in [0, 0.1) is 11.3 Å². The molecule has 0 aromatic heterocycles. The first-order chi connectivity index (χ1) is 9.71. The van der Waals surface area contributed by atoms with Crippen molar-refractivity contribution in [2.45, 2.75) is 20.3 Å². The molecule has 0 aliphatic carbocycles. The predicted octanol–water partition coefficient (Wildman–Crippen LogP) is 1.97. The molecule has 1 amide bonds. The highest BCUT2D eigenvalue weighted by Gasteiger charge is 2.03. The van der Waals surface area contributed by atoms with E-state index in [2.05, 4.69) is 29.4 Å². The summed E-state index contributed by atoms with van der Waals surface area (Å²) in [4.78, 5) is 13.7. The van der Waals surface area contributed by atoms with Crippen LogP contribution in [0.1, 0.15) is 20.3 Å². The van der Waals surface area contributed by atoms with E-state index in [1.54, 1.807) is 0 Å².